The number of rotatable bonds is 7. The molecule has 138 valence electrons. The Hall–Kier alpha value is -1.39. The topological polar surface area (TPSA) is 50.4 Å². The van der Waals surface area contributed by atoms with Crippen LogP contribution in [0, 0.1) is 5.92 Å². The van der Waals surface area contributed by atoms with Crippen LogP contribution < -0.4 is 10.6 Å². The molecular weight excluding hydrogens is 312 g/mol. The van der Waals surface area contributed by atoms with Gasteiger partial charge in [0.2, 0.25) is 5.91 Å². The number of ether oxygens (including phenoxy) is 1. The molecule has 1 aromatic rings. The van der Waals surface area contributed by atoms with E-state index in [2.05, 4.69) is 41.8 Å². The largest absolute Gasteiger partial charge is 0.381 e. The summed E-state index contributed by atoms with van der Waals surface area (Å²) in [5, 5.41) is 7.02. The zero-order chi connectivity index (χ0) is 17.5. The first-order valence-electron chi connectivity index (χ1n) is 9.84. The molecule has 25 heavy (non-hydrogen) atoms. The van der Waals surface area contributed by atoms with Gasteiger partial charge in [0.05, 0.1) is 0 Å². The van der Waals surface area contributed by atoms with Crippen LogP contribution in [0.1, 0.15) is 63.5 Å². The van der Waals surface area contributed by atoms with Crippen molar-refractivity contribution < 1.29 is 9.53 Å². The lowest BCUT2D eigenvalue weighted by Gasteiger charge is -2.40. The normalized spacial score (nSPS) is 21.8. The van der Waals surface area contributed by atoms with Crippen LogP contribution in [0.3, 0.4) is 0 Å². The molecule has 1 amide bonds. The van der Waals surface area contributed by atoms with Crippen LogP contribution in [0.5, 0.6) is 0 Å². The number of amides is 1. The SMILES string of the molecule is C[C@@H](NC1(CNC(=O)CC2CCCC2)CCOCC1)c1ccccc1. The molecule has 4 heteroatoms. The summed E-state index contributed by atoms with van der Waals surface area (Å²) in [6, 6.07) is 10.8. The van der Waals surface area contributed by atoms with Crippen molar-refractivity contribution in [1.82, 2.24) is 10.6 Å². The van der Waals surface area contributed by atoms with Gasteiger partial charge in [-0.25, -0.2) is 0 Å². The van der Waals surface area contributed by atoms with Crippen molar-refractivity contribution in [1.29, 1.82) is 0 Å². The summed E-state index contributed by atoms with van der Waals surface area (Å²) in [6.45, 7) is 4.41. The Labute approximate surface area is 151 Å². The van der Waals surface area contributed by atoms with Gasteiger partial charge in [0.15, 0.2) is 0 Å². The van der Waals surface area contributed by atoms with Crippen molar-refractivity contribution in [3.05, 3.63) is 35.9 Å². The summed E-state index contributed by atoms with van der Waals surface area (Å²) in [5.74, 6) is 0.814. The van der Waals surface area contributed by atoms with E-state index in [1.807, 2.05) is 6.07 Å². The Morgan fingerprint density at radius 3 is 2.56 bits per heavy atom. The number of carbonyl (C=O) groups is 1. The molecule has 0 unspecified atom stereocenters. The second kappa shape index (κ2) is 8.81. The van der Waals surface area contributed by atoms with Gasteiger partial charge in [-0.3, -0.25) is 4.79 Å². The fraction of sp³-hybridized carbons (Fsp3) is 0.667. The molecule has 1 saturated heterocycles. The third kappa shape index (κ3) is 5.29. The molecule has 1 aliphatic carbocycles. The van der Waals surface area contributed by atoms with E-state index in [4.69, 9.17) is 4.74 Å². The van der Waals surface area contributed by atoms with Gasteiger partial charge in [-0.1, -0.05) is 43.2 Å². The highest BCUT2D eigenvalue weighted by Crippen LogP contribution is 2.28. The molecule has 1 heterocycles. The van der Waals surface area contributed by atoms with Crippen LogP contribution >= 0.6 is 0 Å². The lowest BCUT2D eigenvalue weighted by Crippen LogP contribution is -2.57. The highest BCUT2D eigenvalue weighted by Gasteiger charge is 2.34. The van der Waals surface area contributed by atoms with E-state index >= 15 is 0 Å². The lowest BCUT2D eigenvalue weighted by molar-refractivity contribution is -0.122. The Morgan fingerprint density at radius 2 is 1.88 bits per heavy atom. The van der Waals surface area contributed by atoms with Crippen LogP contribution in [0.25, 0.3) is 0 Å². The summed E-state index contributed by atoms with van der Waals surface area (Å²) in [5.41, 5.74) is 1.21. The minimum absolute atomic E-state index is 0.0706. The number of hydrogen-bond acceptors (Lipinski definition) is 3. The second-order valence-corrected chi connectivity index (χ2v) is 7.80. The molecular formula is C21H32N2O2. The maximum atomic E-state index is 12.4. The Morgan fingerprint density at radius 1 is 1.20 bits per heavy atom. The Kier molecular flexibility index (Phi) is 6.49. The predicted octanol–water partition coefficient (Wildman–Crippen LogP) is 3.58. The van der Waals surface area contributed by atoms with Gasteiger partial charge in [-0.2, -0.15) is 0 Å². The average molecular weight is 344 g/mol. The quantitative estimate of drug-likeness (QED) is 0.795. The zero-order valence-corrected chi connectivity index (χ0v) is 15.4. The van der Waals surface area contributed by atoms with E-state index in [0.29, 0.717) is 18.9 Å². The Balaban J connectivity index is 1.57. The van der Waals surface area contributed by atoms with Crippen molar-refractivity contribution >= 4 is 5.91 Å². The molecule has 1 aliphatic heterocycles. The van der Waals surface area contributed by atoms with E-state index in [-0.39, 0.29) is 17.5 Å². The average Bonchev–Trinajstić information content (AvgIpc) is 3.15. The van der Waals surface area contributed by atoms with Crippen LogP contribution in [0.2, 0.25) is 0 Å². The monoisotopic (exact) mass is 344 g/mol. The predicted molar refractivity (Wildman–Crippen MR) is 100 cm³/mol. The van der Waals surface area contributed by atoms with E-state index in [9.17, 15) is 4.79 Å². The van der Waals surface area contributed by atoms with Gasteiger partial charge < -0.3 is 15.4 Å². The second-order valence-electron chi connectivity index (χ2n) is 7.80. The standard InChI is InChI=1S/C21H32N2O2/c1-17(19-9-3-2-4-10-19)23-21(11-13-25-14-12-21)16-22-20(24)15-18-7-5-6-8-18/h2-4,9-10,17-18,23H,5-8,11-16H2,1H3,(H,22,24)/t17-/m1/s1. The summed E-state index contributed by atoms with van der Waals surface area (Å²) < 4.78 is 5.57. The van der Waals surface area contributed by atoms with Crippen LogP contribution in [0.4, 0.5) is 0 Å². The molecule has 1 atom stereocenters. The number of benzene rings is 1. The van der Waals surface area contributed by atoms with Gasteiger partial charge in [-0.05, 0) is 44.1 Å². The van der Waals surface area contributed by atoms with Crippen molar-refractivity contribution in [2.75, 3.05) is 19.8 Å². The summed E-state index contributed by atoms with van der Waals surface area (Å²) in [6.07, 6.45) is 7.58. The van der Waals surface area contributed by atoms with Crippen molar-refractivity contribution in [2.24, 2.45) is 5.92 Å². The molecule has 0 spiro atoms. The maximum absolute atomic E-state index is 12.4. The molecule has 0 radical (unpaired) electrons. The van der Waals surface area contributed by atoms with E-state index in [1.54, 1.807) is 0 Å². The van der Waals surface area contributed by atoms with Gasteiger partial charge in [0.25, 0.3) is 0 Å². The number of hydrogen-bond donors (Lipinski definition) is 2. The van der Waals surface area contributed by atoms with Crippen molar-refractivity contribution in [3.8, 4) is 0 Å². The molecule has 2 aliphatic rings. The fourth-order valence-electron chi connectivity index (χ4n) is 4.24. The molecule has 1 aromatic carbocycles. The first-order valence-corrected chi connectivity index (χ1v) is 9.84. The van der Waals surface area contributed by atoms with E-state index < -0.39 is 0 Å². The first-order chi connectivity index (χ1) is 12.2. The molecule has 0 aromatic heterocycles. The molecule has 1 saturated carbocycles. The summed E-state index contributed by atoms with van der Waals surface area (Å²) in [4.78, 5) is 12.4. The van der Waals surface area contributed by atoms with Crippen LogP contribution in [-0.2, 0) is 9.53 Å². The fourth-order valence-corrected chi connectivity index (χ4v) is 4.24. The molecule has 2 N–H and O–H groups in total. The molecule has 2 fully saturated rings. The minimum atomic E-state index is -0.0706. The number of carbonyl (C=O) groups excluding carboxylic acids is 1. The first kappa shape index (κ1) is 18.4. The van der Waals surface area contributed by atoms with Gasteiger partial charge >= 0.3 is 0 Å². The smallest absolute Gasteiger partial charge is 0.220 e. The molecule has 0 bridgehead atoms. The van der Waals surface area contributed by atoms with E-state index in [1.165, 1.54) is 31.2 Å². The minimum Gasteiger partial charge on any atom is -0.381 e. The summed E-state index contributed by atoms with van der Waals surface area (Å²) >= 11 is 0. The van der Waals surface area contributed by atoms with Crippen molar-refractivity contribution in [2.45, 2.75) is 63.5 Å². The van der Waals surface area contributed by atoms with Crippen molar-refractivity contribution in [3.63, 3.8) is 0 Å². The third-order valence-corrected chi connectivity index (χ3v) is 5.84. The Bertz CT molecular complexity index is 534. The van der Waals surface area contributed by atoms with Crippen LogP contribution in [-0.4, -0.2) is 31.2 Å². The molecule has 3 rings (SSSR count). The highest BCUT2D eigenvalue weighted by molar-refractivity contribution is 5.76. The number of nitrogens with one attached hydrogen (secondary N) is 2. The highest BCUT2D eigenvalue weighted by atomic mass is 16.5. The molecule has 4 nitrogen and oxygen atoms in total. The maximum Gasteiger partial charge on any atom is 0.220 e. The van der Waals surface area contributed by atoms with Gasteiger partial charge in [0, 0.05) is 37.8 Å². The lowest BCUT2D eigenvalue weighted by atomic mass is 9.88. The van der Waals surface area contributed by atoms with Gasteiger partial charge in [0.1, 0.15) is 0 Å². The van der Waals surface area contributed by atoms with Crippen LogP contribution in [0.15, 0.2) is 30.3 Å². The third-order valence-electron chi connectivity index (χ3n) is 5.84. The summed E-state index contributed by atoms with van der Waals surface area (Å²) in [7, 11) is 0. The van der Waals surface area contributed by atoms with Gasteiger partial charge in [-0.15, -0.1) is 0 Å². The zero-order valence-electron chi connectivity index (χ0n) is 15.4. The van der Waals surface area contributed by atoms with E-state index in [0.717, 1.165) is 26.1 Å².